The first kappa shape index (κ1) is 30.5. The number of ketones is 4. The van der Waals surface area contributed by atoms with Crippen LogP contribution in [-0.2, 0) is 32.1 Å². The standard InChI is InChI=1S/C32H37N3O8/c1-14(2)34-13-15-6-9-22(43-5)18(10-15)17-7-8-21(36)24-19(17)11-16-12-20-26(35(3)4)28(38)25(31(33)41)30(40)32(20,42)29(39)23(16)27(24)37/h6-10,14,16,20,23,25-26,34,36,42H,11-13H2,1-5H3,(H2,33,41). The second-order valence-electron chi connectivity index (χ2n) is 12.3. The third kappa shape index (κ3) is 4.66. The first-order valence-electron chi connectivity index (χ1n) is 14.3. The topological polar surface area (TPSA) is 176 Å². The molecule has 6 unspecified atom stereocenters. The molecule has 2 aromatic rings. The molecule has 43 heavy (non-hydrogen) atoms. The lowest BCUT2D eigenvalue weighted by Crippen LogP contribution is -2.74. The van der Waals surface area contributed by atoms with Crippen molar-refractivity contribution in [2.24, 2.45) is 29.4 Å². The molecule has 3 aliphatic carbocycles. The molecule has 0 heterocycles. The highest BCUT2D eigenvalue weighted by Crippen LogP contribution is 2.52. The van der Waals surface area contributed by atoms with E-state index < -0.39 is 64.4 Å². The Labute approximate surface area is 249 Å². The zero-order valence-corrected chi connectivity index (χ0v) is 24.8. The maximum Gasteiger partial charge on any atom is 0.235 e. The van der Waals surface area contributed by atoms with Gasteiger partial charge in [-0.2, -0.15) is 0 Å². The highest BCUT2D eigenvalue weighted by Gasteiger charge is 2.69. The number of likely N-dealkylation sites (N-methyl/N-ethyl adjacent to an activating group) is 1. The van der Waals surface area contributed by atoms with E-state index in [0.29, 0.717) is 29.0 Å². The first-order valence-corrected chi connectivity index (χ1v) is 14.3. The van der Waals surface area contributed by atoms with Gasteiger partial charge in [0.25, 0.3) is 0 Å². The summed E-state index contributed by atoms with van der Waals surface area (Å²) in [7, 11) is 4.65. The number of benzene rings is 2. The fourth-order valence-corrected chi connectivity index (χ4v) is 7.25. The predicted octanol–water partition coefficient (Wildman–Crippen LogP) is 1.04. The van der Waals surface area contributed by atoms with Gasteiger partial charge in [0.1, 0.15) is 11.5 Å². The number of nitrogens with one attached hydrogen (secondary N) is 1. The summed E-state index contributed by atoms with van der Waals surface area (Å²) in [6, 6.07) is 7.90. The summed E-state index contributed by atoms with van der Waals surface area (Å²) in [6.07, 6.45) is 0.141. The molecule has 0 aliphatic heterocycles. The van der Waals surface area contributed by atoms with Crippen LogP contribution in [-0.4, -0.2) is 83.0 Å². The van der Waals surface area contributed by atoms with Gasteiger partial charge >= 0.3 is 0 Å². The fraction of sp³-hybridized carbons (Fsp3) is 0.469. The first-order chi connectivity index (χ1) is 20.2. The van der Waals surface area contributed by atoms with Gasteiger partial charge in [-0.25, -0.2) is 0 Å². The number of primary amides is 1. The lowest BCUT2D eigenvalue weighted by Gasteiger charge is -2.52. The van der Waals surface area contributed by atoms with Crippen molar-refractivity contribution in [1.29, 1.82) is 0 Å². The lowest BCUT2D eigenvalue weighted by atomic mass is 9.52. The number of carbonyl (C=O) groups excluding carboxylic acids is 5. The van der Waals surface area contributed by atoms with Crippen molar-refractivity contribution in [2.45, 2.75) is 50.9 Å². The Morgan fingerprint density at radius 1 is 1.12 bits per heavy atom. The van der Waals surface area contributed by atoms with Gasteiger partial charge in [-0.05, 0) is 67.7 Å². The summed E-state index contributed by atoms with van der Waals surface area (Å²) in [5, 5.41) is 26.0. The number of carbonyl (C=O) groups is 5. The van der Waals surface area contributed by atoms with Crippen LogP contribution < -0.4 is 15.8 Å². The molecule has 228 valence electrons. The van der Waals surface area contributed by atoms with E-state index >= 15 is 0 Å². The van der Waals surface area contributed by atoms with E-state index in [0.717, 1.165) is 5.56 Å². The van der Waals surface area contributed by atoms with E-state index in [1.807, 2.05) is 32.0 Å². The fourth-order valence-electron chi connectivity index (χ4n) is 7.25. The number of amides is 1. The van der Waals surface area contributed by atoms with Crippen molar-refractivity contribution in [3.05, 3.63) is 47.0 Å². The smallest absolute Gasteiger partial charge is 0.235 e. The van der Waals surface area contributed by atoms with Crippen molar-refractivity contribution in [2.75, 3.05) is 21.2 Å². The Balaban J connectivity index is 1.64. The van der Waals surface area contributed by atoms with E-state index in [-0.39, 0.29) is 30.2 Å². The van der Waals surface area contributed by atoms with Crippen molar-refractivity contribution in [3.8, 4) is 22.6 Å². The van der Waals surface area contributed by atoms with Gasteiger partial charge in [-0.1, -0.05) is 26.0 Å². The van der Waals surface area contributed by atoms with Gasteiger partial charge in [0.2, 0.25) is 5.91 Å². The van der Waals surface area contributed by atoms with E-state index in [1.165, 1.54) is 18.1 Å². The number of nitrogens with two attached hydrogens (primary N) is 1. The van der Waals surface area contributed by atoms with Crippen LogP contribution in [0.25, 0.3) is 11.1 Å². The molecule has 11 nitrogen and oxygen atoms in total. The number of hydrogen-bond acceptors (Lipinski definition) is 10. The average Bonchev–Trinajstić information content (AvgIpc) is 2.93. The van der Waals surface area contributed by atoms with Gasteiger partial charge in [-0.3, -0.25) is 28.9 Å². The number of hydrogen-bond donors (Lipinski definition) is 4. The highest BCUT2D eigenvalue weighted by molar-refractivity contribution is 6.32. The lowest BCUT2D eigenvalue weighted by molar-refractivity contribution is -0.181. The Morgan fingerprint density at radius 2 is 1.81 bits per heavy atom. The number of fused-ring (bicyclic) bond motifs is 3. The quantitative estimate of drug-likeness (QED) is 0.340. The number of methoxy groups -OCH3 is 1. The minimum absolute atomic E-state index is 0.0194. The average molecular weight is 592 g/mol. The zero-order valence-electron chi connectivity index (χ0n) is 24.8. The molecule has 1 amide bonds. The van der Waals surface area contributed by atoms with E-state index in [4.69, 9.17) is 10.5 Å². The van der Waals surface area contributed by atoms with Crippen LogP contribution in [0.2, 0.25) is 0 Å². The van der Waals surface area contributed by atoms with E-state index in [1.54, 1.807) is 20.2 Å². The van der Waals surface area contributed by atoms with Crippen LogP contribution >= 0.6 is 0 Å². The van der Waals surface area contributed by atoms with Gasteiger partial charge in [0, 0.05) is 24.1 Å². The van der Waals surface area contributed by atoms with Crippen LogP contribution in [0.15, 0.2) is 30.3 Å². The summed E-state index contributed by atoms with van der Waals surface area (Å²) >= 11 is 0. The van der Waals surface area contributed by atoms with Gasteiger partial charge in [0.15, 0.2) is 34.7 Å². The van der Waals surface area contributed by atoms with Gasteiger partial charge < -0.3 is 26.0 Å². The number of ether oxygens (including phenoxy) is 1. The number of aromatic hydroxyl groups is 1. The van der Waals surface area contributed by atoms with Gasteiger partial charge in [0.05, 0.1) is 24.6 Å². The Hall–Kier alpha value is -3.93. The molecule has 5 N–H and O–H groups in total. The molecule has 2 fully saturated rings. The third-order valence-corrected chi connectivity index (χ3v) is 9.21. The number of phenolic OH excluding ortho intramolecular Hbond substituents is 1. The summed E-state index contributed by atoms with van der Waals surface area (Å²) in [5.74, 6) is -10.2. The molecule has 6 atom stereocenters. The molecule has 5 rings (SSSR count). The van der Waals surface area contributed by atoms with Crippen molar-refractivity contribution < 1.29 is 38.9 Å². The molecule has 0 saturated heterocycles. The molecule has 3 aliphatic rings. The van der Waals surface area contributed by atoms with Crippen molar-refractivity contribution >= 4 is 29.0 Å². The van der Waals surface area contributed by atoms with Crippen LogP contribution in [0.3, 0.4) is 0 Å². The number of Topliss-reactive ketones (excluding diaryl/α,β-unsaturated/α-hetero) is 4. The largest absolute Gasteiger partial charge is 0.507 e. The number of phenols is 1. The normalized spacial score (nSPS) is 28.5. The minimum atomic E-state index is -2.76. The molecule has 11 heteroatoms. The molecule has 0 spiro atoms. The third-order valence-electron chi connectivity index (χ3n) is 9.21. The van der Waals surface area contributed by atoms with Crippen LogP contribution in [0.5, 0.6) is 11.5 Å². The Kier molecular flexibility index (Phi) is 7.78. The molecule has 0 aromatic heterocycles. The minimum Gasteiger partial charge on any atom is -0.507 e. The van der Waals surface area contributed by atoms with E-state index in [9.17, 15) is 34.2 Å². The highest BCUT2D eigenvalue weighted by atomic mass is 16.5. The molecule has 2 saturated carbocycles. The monoisotopic (exact) mass is 591 g/mol. The summed E-state index contributed by atoms with van der Waals surface area (Å²) in [5.41, 5.74) is 5.40. The van der Waals surface area contributed by atoms with Crippen LogP contribution in [0.1, 0.15) is 41.8 Å². The number of nitrogens with zero attached hydrogens (tertiary/aromatic N) is 1. The maximum absolute atomic E-state index is 14.1. The Bertz CT molecular complexity index is 1550. The maximum atomic E-state index is 14.1. The second-order valence-corrected chi connectivity index (χ2v) is 12.3. The zero-order chi connectivity index (χ0) is 31.5. The van der Waals surface area contributed by atoms with Crippen LogP contribution in [0, 0.1) is 23.7 Å². The number of aliphatic hydroxyl groups is 1. The SMILES string of the molecule is COc1ccc(CNC(C)C)cc1-c1ccc(O)c2c1CC1CC3C(N(C)C)C(=O)C(C(N)=O)C(=O)C3(O)C(=O)C1C2=O. The van der Waals surface area contributed by atoms with Crippen molar-refractivity contribution in [3.63, 3.8) is 0 Å². The summed E-state index contributed by atoms with van der Waals surface area (Å²) < 4.78 is 5.66. The van der Waals surface area contributed by atoms with E-state index in [2.05, 4.69) is 5.32 Å². The molecule has 0 radical (unpaired) electrons. The summed E-state index contributed by atoms with van der Waals surface area (Å²) in [4.78, 5) is 68.5. The number of rotatable bonds is 7. The van der Waals surface area contributed by atoms with Crippen LogP contribution in [0.4, 0.5) is 0 Å². The summed E-state index contributed by atoms with van der Waals surface area (Å²) in [6.45, 7) is 4.67. The van der Waals surface area contributed by atoms with Crippen molar-refractivity contribution in [1.82, 2.24) is 10.2 Å². The Morgan fingerprint density at radius 3 is 2.42 bits per heavy atom. The molecular weight excluding hydrogens is 554 g/mol. The molecule has 0 bridgehead atoms. The predicted molar refractivity (Wildman–Crippen MR) is 155 cm³/mol. The molecule has 2 aromatic carbocycles. The molecular formula is C32H37N3O8. The second kappa shape index (κ2) is 11.0. The van der Waals surface area contributed by atoms with Gasteiger partial charge in [-0.15, -0.1) is 0 Å².